The molecule has 1 saturated heterocycles. The molecule has 1 aliphatic carbocycles. The lowest BCUT2D eigenvalue weighted by molar-refractivity contribution is 0.0167. The van der Waals surface area contributed by atoms with Crippen molar-refractivity contribution < 1.29 is 17.9 Å². The molecule has 0 bridgehead atoms. The van der Waals surface area contributed by atoms with Crippen LogP contribution in [0.5, 0.6) is 0 Å². The minimum absolute atomic E-state index is 0.136. The van der Waals surface area contributed by atoms with E-state index < -0.39 is 15.6 Å². The Morgan fingerprint density at radius 1 is 1.14 bits per heavy atom. The van der Waals surface area contributed by atoms with Gasteiger partial charge in [0.25, 0.3) is 0 Å². The van der Waals surface area contributed by atoms with Crippen LogP contribution in [0, 0.1) is 5.92 Å². The highest BCUT2D eigenvalue weighted by atomic mass is 32.2. The van der Waals surface area contributed by atoms with E-state index in [0.29, 0.717) is 24.8 Å². The van der Waals surface area contributed by atoms with Gasteiger partial charge in [-0.05, 0) is 81.1 Å². The zero-order chi connectivity index (χ0) is 25.9. The molecular weight excluding hydrogens is 480 g/mol. The number of sulfonamides is 1. The first kappa shape index (κ1) is 26.5. The Labute approximate surface area is 213 Å². The second kappa shape index (κ2) is 10.8. The Balaban J connectivity index is 1.67. The van der Waals surface area contributed by atoms with Gasteiger partial charge in [0.2, 0.25) is 10.0 Å². The molecule has 2 aliphatic rings. The molecule has 198 valence electrons. The normalized spacial score (nSPS) is 19.9. The van der Waals surface area contributed by atoms with Crippen LogP contribution in [-0.4, -0.2) is 65.4 Å². The number of carbonyl (C=O) groups excluding carboxylic acids is 1. The molecule has 1 atom stereocenters. The predicted molar refractivity (Wildman–Crippen MR) is 136 cm³/mol. The van der Waals surface area contributed by atoms with E-state index in [2.05, 4.69) is 20.2 Å². The zero-order valence-electron chi connectivity index (χ0n) is 21.7. The van der Waals surface area contributed by atoms with Crippen molar-refractivity contribution in [1.29, 1.82) is 0 Å². The number of rotatable bonds is 6. The average molecular weight is 519 g/mol. The number of amides is 1. The summed E-state index contributed by atoms with van der Waals surface area (Å²) < 4.78 is 35.0. The fourth-order valence-corrected chi connectivity index (χ4v) is 5.95. The number of nitrogens with zero attached hydrogens (tertiary/aromatic N) is 5. The van der Waals surface area contributed by atoms with Gasteiger partial charge in [-0.15, -0.1) is 5.10 Å². The molecular formula is C25H38N6O4S. The van der Waals surface area contributed by atoms with Crippen LogP contribution in [0.3, 0.4) is 0 Å². The molecule has 1 N–H and O–H groups in total. The molecule has 11 heteroatoms. The summed E-state index contributed by atoms with van der Waals surface area (Å²) in [6, 6.07) is 5.11. The van der Waals surface area contributed by atoms with Crippen LogP contribution in [0.15, 0.2) is 23.1 Å². The number of likely N-dealkylation sites (tertiary alicyclic amines) is 1. The summed E-state index contributed by atoms with van der Waals surface area (Å²) in [5.74, 6) is 1.09. The van der Waals surface area contributed by atoms with Crippen molar-refractivity contribution in [3.05, 3.63) is 23.8 Å². The van der Waals surface area contributed by atoms with Gasteiger partial charge in [0.15, 0.2) is 5.82 Å². The third kappa shape index (κ3) is 6.23. The van der Waals surface area contributed by atoms with E-state index >= 15 is 0 Å². The fourth-order valence-electron chi connectivity index (χ4n) is 5.19. The second-order valence-corrected chi connectivity index (χ2v) is 12.8. The van der Waals surface area contributed by atoms with Crippen molar-refractivity contribution in [2.75, 3.05) is 20.1 Å². The third-order valence-corrected chi connectivity index (χ3v) is 8.43. The first-order valence-corrected chi connectivity index (χ1v) is 14.4. The maximum atomic E-state index is 12.7. The summed E-state index contributed by atoms with van der Waals surface area (Å²) in [4.78, 5) is 14.6. The summed E-state index contributed by atoms with van der Waals surface area (Å²) in [7, 11) is -2.23. The number of benzene rings is 1. The number of aromatic nitrogens is 4. The van der Waals surface area contributed by atoms with E-state index in [-0.39, 0.29) is 17.0 Å². The number of hydrogen-bond acceptors (Lipinski definition) is 7. The Morgan fingerprint density at radius 2 is 1.89 bits per heavy atom. The molecule has 1 aromatic carbocycles. The van der Waals surface area contributed by atoms with Crippen molar-refractivity contribution in [2.45, 2.75) is 88.7 Å². The molecule has 2 aromatic rings. The van der Waals surface area contributed by atoms with Crippen LogP contribution in [0.4, 0.5) is 4.79 Å². The largest absolute Gasteiger partial charge is 0.444 e. The smallest absolute Gasteiger partial charge is 0.410 e. The average Bonchev–Trinajstić information content (AvgIpc) is 3.34. The van der Waals surface area contributed by atoms with Gasteiger partial charge in [0.05, 0.1) is 10.9 Å². The summed E-state index contributed by atoms with van der Waals surface area (Å²) in [5, 5.41) is 12.6. The van der Waals surface area contributed by atoms with E-state index in [0.717, 1.165) is 30.4 Å². The Morgan fingerprint density at radius 3 is 2.58 bits per heavy atom. The number of tetrazole rings is 1. The maximum Gasteiger partial charge on any atom is 0.410 e. The highest BCUT2D eigenvalue weighted by Gasteiger charge is 2.31. The zero-order valence-corrected chi connectivity index (χ0v) is 22.6. The van der Waals surface area contributed by atoms with Crippen molar-refractivity contribution >= 4 is 16.1 Å². The molecule has 0 spiro atoms. The topological polar surface area (TPSA) is 119 Å². The van der Waals surface area contributed by atoms with Gasteiger partial charge in [0, 0.05) is 18.7 Å². The molecule has 1 saturated carbocycles. The number of ether oxygens (including phenoxy) is 1. The number of nitrogens with one attached hydrogen (secondary N) is 1. The number of carbonyl (C=O) groups is 1. The van der Waals surface area contributed by atoms with Crippen LogP contribution in [0.2, 0.25) is 0 Å². The monoisotopic (exact) mass is 518 g/mol. The molecule has 1 aliphatic heterocycles. The van der Waals surface area contributed by atoms with Crippen molar-refractivity contribution in [3.8, 4) is 11.4 Å². The first-order chi connectivity index (χ1) is 17.1. The molecule has 1 unspecified atom stereocenters. The minimum Gasteiger partial charge on any atom is -0.444 e. The molecule has 4 rings (SSSR count). The van der Waals surface area contributed by atoms with Crippen LogP contribution in [0.1, 0.15) is 77.3 Å². The van der Waals surface area contributed by atoms with Crippen LogP contribution in [-0.2, 0) is 21.2 Å². The van der Waals surface area contributed by atoms with E-state index in [4.69, 9.17) is 4.74 Å². The molecule has 2 fully saturated rings. The summed E-state index contributed by atoms with van der Waals surface area (Å²) in [6.07, 6.45) is 8.20. The lowest BCUT2D eigenvalue weighted by Gasteiger charge is -2.34. The lowest BCUT2D eigenvalue weighted by atomic mass is 9.84. The van der Waals surface area contributed by atoms with E-state index in [1.807, 2.05) is 26.8 Å². The SMILES string of the molecule is CNS(=O)(=O)c1ccc(CC2CCCCC2)c(-c2nnnn2C2CCCN(C(=O)OC(C)(C)C)C2)c1. The van der Waals surface area contributed by atoms with Gasteiger partial charge in [-0.1, -0.05) is 38.2 Å². The Kier molecular flexibility index (Phi) is 7.99. The third-order valence-electron chi connectivity index (χ3n) is 7.02. The van der Waals surface area contributed by atoms with E-state index in [1.165, 1.54) is 39.2 Å². The van der Waals surface area contributed by atoms with Gasteiger partial charge < -0.3 is 9.64 Å². The van der Waals surface area contributed by atoms with Gasteiger partial charge in [-0.25, -0.2) is 22.6 Å². The number of hydrogen-bond donors (Lipinski definition) is 1. The molecule has 0 radical (unpaired) electrons. The van der Waals surface area contributed by atoms with E-state index in [1.54, 1.807) is 21.7 Å². The molecule has 2 heterocycles. The summed E-state index contributed by atoms with van der Waals surface area (Å²) in [6.45, 7) is 6.61. The molecule has 1 aromatic heterocycles. The van der Waals surface area contributed by atoms with Gasteiger partial charge in [-0.3, -0.25) is 0 Å². The Bertz CT molecular complexity index is 1170. The minimum atomic E-state index is -3.63. The lowest BCUT2D eigenvalue weighted by Crippen LogP contribution is -2.43. The van der Waals surface area contributed by atoms with Crippen LogP contribution >= 0.6 is 0 Å². The van der Waals surface area contributed by atoms with E-state index in [9.17, 15) is 13.2 Å². The quantitative estimate of drug-likeness (QED) is 0.615. The highest BCUT2D eigenvalue weighted by molar-refractivity contribution is 7.89. The first-order valence-electron chi connectivity index (χ1n) is 12.9. The van der Waals surface area contributed by atoms with Crippen molar-refractivity contribution in [1.82, 2.24) is 29.8 Å². The highest BCUT2D eigenvalue weighted by Crippen LogP contribution is 2.34. The molecule has 36 heavy (non-hydrogen) atoms. The maximum absolute atomic E-state index is 12.7. The summed E-state index contributed by atoms with van der Waals surface area (Å²) >= 11 is 0. The predicted octanol–water partition coefficient (Wildman–Crippen LogP) is 3.94. The standard InChI is InChI=1S/C25H38N6O4S/c1-25(2,3)35-24(32)30-14-8-11-20(17-30)31-23(27-28-29-31)22-16-21(36(33,34)26-4)13-12-19(22)15-18-9-6-5-7-10-18/h12-13,16,18,20,26H,5-11,14-15,17H2,1-4H3. The summed E-state index contributed by atoms with van der Waals surface area (Å²) in [5.41, 5.74) is 1.21. The second-order valence-electron chi connectivity index (χ2n) is 10.9. The molecule has 1 amide bonds. The van der Waals surface area contributed by atoms with Gasteiger partial charge >= 0.3 is 6.09 Å². The van der Waals surface area contributed by atoms with Gasteiger partial charge in [-0.2, -0.15) is 0 Å². The number of piperidine rings is 1. The van der Waals surface area contributed by atoms with Crippen LogP contribution in [0.25, 0.3) is 11.4 Å². The van der Waals surface area contributed by atoms with Gasteiger partial charge in [0.1, 0.15) is 5.60 Å². The Hall–Kier alpha value is -2.53. The van der Waals surface area contributed by atoms with Crippen molar-refractivity contribution in [3.63, 3.8) is 0 Å². The molecule has 10 nitrogen and oxygen atoms in total. The van der Waals surface area contributed by atoms with Crippen LogP contribution < -0.4 is 4.72 Å². The fraction of sp³-hybridized carbons (Fsp3) is 0.680. The van der Waals surface area contributed by atoms with Crippen molar-refractivity contribution in [2.24, 2.45) is 5.92 Å².